The fourth-order valence-electron chi connectivity index (χ4n) is 1.48. The van der Waals surface area contributed by atoms with Crippen molar-refractivity contribution in [1.29, 1.82) is 5.26 Å². The quantitative estimate of drug-likeness (QED) is 0.833. The van der Waals surface area contributed by atoms with Gasteiger partial charge in [-0.2, -0.15) is 9.57 Å². The van der Waals surface area contributed by atoms with Gasteiger partial charge in [0.15, 0.2) is 0 Å². The summed E-state index contributed by atoms with van der Waals surface area (Å²) < 4.78 is 38.7. The molecule has 1 aromatic carbocycles. The van der Waals surface area contributed by atoms with E-state index in [1.54, 1.807) is 6.92 Å². The van der Waals surface area contributed by atoms with Gasteiger partial charge >= 0.3 is 0 Å². The van der Waals surface area contributed by atoms with Crippen LogP contribution in [0.15, 0.2) is 23.1 Å². The Balaban J connectivity index is 3.19. The monoisotopic (exact) mass is 271 g/mol. The van der Waals surface area contributed by atoms with Crippen LogP contribution in [0.5, 0.6) is 0 Å². The third kappa shape index (κ3) is 2.78. The Kier molecular flexibility index (Phi) is 4.27. The van der Waals surface area contributed by atoms with Crippen LogP contribution in [0.4, 0.5) is 10.1 Å². The molecular formula is C11H14FN3O2S. The normalized spacial score (nSPS) is 13.3. The molecule has 0 radical (unpaired) electrons. The van der Waals surface area contributed by atoms with E-state index in [1.165, 1.54) is 19.2 Å². The van der Waals surface area contributed by atoms with Gasteiger partial charge in [-0.1, -0.05) is 6.07 Å². The number of rotatable bonds is 4. The third-order valence-corrected chi connectivity index (χ3v) is 4.33. The Labute approximate surface area is 106 Å². The summed E-state index contributed by atoms with van der Waals surface area (Å²) in [6.07, 6.45) is 0. The van der Waals surface area contributed by atoms with Crippen molar-refractivity contribution >= 4 is 15.7 Å². The first-order valence-electron chi connectivity index (χ1n) is 5.20. The molecule has 0 saturated carbocycles. The van der Waals surface area contributed by atoms with Crippen LogP contribution in [0.2, 0.25) is 0 Å². The second-order valence-corrected chi connectivity index (χ2v) is 5.96. The molecule has 0 aliphatic carbocycles. The molecule has 98 valence electrons. The van der Waals surface area contributed by atoms with E-state index in [2.05, 4.69) is 0 Å². The Bertz CT molecular complexity index is 560. The number of sulfonamides is 1. The van der Waals surface area contributed by atoms with Gasteiger partial charge in [0.2, 0.25) is 10.0 Å². The van der Waals surface area contributed by atoms with Crippen LogP contribution in [0.1, 0.15) is 6.92 Å². The molecule has 0 spiro atoms. The topological polar surface area (TPSA) is 87.2 Å². The summed E-state index contributed by atoms with van der Waals surface area (Å²) in [7, 11) is -2.74. The predicted molar refractivity (Wildman–Crippen MR) is 65.4 cm³/mol. The first kappa shape index (κ1) is 14.4. The summed E-state index contributed by atoms with van der Waals surface area (Å²) in [6.45, 7) is 1.56. The molecule has 0 fully saturated rings. The number of nitriles is 1. The molecule has 0 amide bonds. The van der Waals surface area contributed by atoms with Crippen molar-refractivity contribution in [2.75, 3.05) is 19.3 Å². The summed E-state index contributed by atoms with van der Waals surface area (Å²) in [5.74, 6) is -1.38. The highest BCUT2D eigenvalue weighted by atomic mass is 32.2. The average Bonchev–Trinajstić information content (AvgIpc) is 2.28. The Hall–Kier alpha value is -1.65. The number of anilines is 1. The molecule has 0 aromatic heterocycles. The number of halogens is 1. The number of nitrogens with zero attached hydrogens (tertiary/aromatic N) is 2. The molecule has 18 heavy (non-hydrogen) atoms. The molecule has 2 N–H and O–H groups in total. The predicted octanol–water partition coefficient (Wildman–Crippen LogP) is 1.19. The van der Waals surface area contributed by atoms with Gasteiger partial charge in [-0.25, -0.2) is 12.8 Å². The van der Waals surface area contributed by atoms with E-state index in [9.17, 15) is 12.8 Å². The van der Waals surface area contributed by atoms with Gasteiger partial charge in [-0.3, -0.25) is 0 Å². The van der Waals surface area contributed by atoms with Crippen molar-refractivity contribution in [2.24, 2.45) is 5.92 Å². The Morgan fingerprint density at radius 3 is 2.67 bits per heavy atom. The zero-order valence-electron chi connectivity index (χ0n) is 10.1. The third-order valence-electron chi connectivity index (χ3n) is 2.42. The van der Waals surface area contributed by atoms with Crippen LogP contribution >= 0.6 is 0 Å². The summed E-state index contributed by atoms with van der Waals surface area (Å²) in [4.78, 5) is -0.544. The van der Waals surface area contributed by atoms with Crippen molar-refractivity contribution < 1.29 is 12.8 Å². The summed E-state index contributed by atoms with van der Waals surface area (Å²) in [5.41, 5.74) is 5.35. The van der Waals surface area contributed by atoms with Crippen molar-refractivity contribution in [1.82, 2.24) is 4.31 Å². The average molecular weight is 271 g/mol. The lowest BCUT2D eigenvalue weighted by Crippen LogP contribution is -2.31. The maximum atomic E-state index is 13.6. The largest absolute Gasteiger partial charge is 0.398 e. The van der Waals surface area contributed by atoms with E-state index in [0.29, 0.717) is 0 Å². The highest BCUT2D eigenvalue weighted by Crippen LogP contribution is 2.24. The van der Waals surface area contributed by atoms with Crippen molar-refractivity contribution in [2.45, 2.75) is 11.8 Å². The minimum absolute atomic E-state index is 0.0212. The standard InChI is InChI=1S/C11H14FN3O2S/c1-8(6-13)7-15(2)18(16,17)11-9(12)4-3-5-10(11)14/h3-5,8H,7,14H2,1-2H3. The van der Waals surface area contributed by atoms with Crippen LogP contribution in [0, 0.1) is 23.1 Å². The maximum Gasteiger partial charge on any atom is 0.247 e. The van der Waals surface area contributed by atoms with Crippen LogP contribution in [-0.2, 0) is 10.0 Å². The summed E-state index contributed by atoms with van der Waals surface area (Å²) in [5, 5.41) is 8.66. The Morgan fingerprint density at radius 2 is 2.17 bits per heavy atom. The Morgan fingerprint density at radius 1 is 1.56 bits per heavy atom. The molecule has 0 aliphatic heterocycles. The highest BCUT2D eigenvalue weighted by molar-refractivity contribution is 7.89. The minimum atomic E-state index is -4.02. The lowest BCUT2D eigenvalue weighted by molar-refractivity contribution is 0.435. The number of nitrogen functional groups attached to an aromatic ring is 1. The van der Waals surface area contributed by atoms with Gasteiger partial charge in [0, 0.05) is 13.6 Å². The molecular weight excluding hydrogens is 257 g/mol. The zero-order valence-corrected chi connectivity index (χ0v) is 10.9. The number of nitrogens with two attached hydrogens (primary N) is 1. The number of hydrogen-bond donors (Lipinski definition) is 1. The molecule has 1 atom stereocenters. The van der Waals surface area contributed by atoms with Gasteiger partial charge in [0.1, 0.15) is 10.7 Å². The smallest absolute Gasteiger partial charge is 0.247 e. The lowest BCUT2D eigenvalue weighted by atomic mass is 10.2. The van der Waals surface area contributed by atoms with Gasteiger partial charge in [-0.15, -0.1) is 0 Å². The molecule has 1 aromatic rings. The van der Waals surface area contributed by atoms with Gasteiger partial charge in [-0.05, 0) is 19.1 Å². The van der Waals surface area contributed by atoms with E-state index in [-0.39, 0.29) is 12.2 Å². The number of hydrogen-bond acceptors (Lipinski definition) is 4. The van der Waals surface area contributed by atoms with E-state index in [0.717, 1.165) is 10.4 Å². The van der Waals surface area contributed by atoms with E-state index in [4.69, 9.17) is 11.0 Å². The first-order chi connectivity index (χ1) is 8.30. The molecule has 7 heteroatoms. The molecule has 5 nitrogen and oxygen atoms in total. The molecule has 0 saturated heterocycles. The van der Waals surface area contributed by atoms with Crippen LogP contribution in [0.3, 0.4) is 0 Å². The number of benzene rings is 1. The molecule has 0 bridgehead atoms. The highest BCUT2D eigenvalue weighted by Gasteiger charge is 2.27. The zero-order chi connectivity index (χ0) is 13.9. The van der Waals surface area contributed by atoms with Crippen molar-refractivity contribution in [3.05, 3.63) is 24.0 Å². The van der Waals surface area contributed by atoms with Crippen LogP contribution in [0.25, 0.3) is 0 Å². The molecule has 0 heterocycles. The van der Waals surface area contributed by atoms with Gasteiger partial charge in [0.05, 0.1) is 17.7 Å². The first-order valence-corrected chi connectivity index (χ1v) is 6.64. The minimum Gasteiger partial charge on any atom is -0.398 e. The second kappa shape index (κ2) is 5.33. The molecule has 0 aliphatic rings. The van der Waals surface area contributed by atoms with Crippen LogP contribution < -0.4 is 5.73 Å². The van der Waals surface area contributed by atoms with E-state index < -0.39 is 26.7 Å². The van der Waals surface area contributed by atoms with E-state index in [1.807, 2.05) is 6.07 Å². The molecule has 1 rings (SSSR count). The SMILES string of the molecule is CC(C#N)CN(C)S(=O)(=O)c1c(N)cccc1F. The van der Waals surface area contributed by atoms with Crippen LogP contribution in [-0.4, -0.2) is 26.3 Å². The van der Waals surface area contributed by atoms with Gasteiger partial charge in [0.25, 0.3) is 0 Å². The summed E-state index contributed by atoms with van der Waals surface area (Å²) in [6, 6.07) is 5.60. The fraction of sp³-hybridized carbons (Fsp3) is 0.364. The lowest BCUT2D eigenvalue weighted by Gasteiger charge is -2.19. The molecule has 1 unspecified atom stereocenters. The van der Waals surface area contributed by atoms with Gasteiger partial charge < -0.3 is 5.73 Å². The van der Waals surface area contributed by atoms with Crippen molar-refractivity contribution in [3.63, 3.8) is 0 Å². The van der Waals surface area contributed by atoms with Crippen molar-refractivity contribution in [3.8, 4) is 6.07 Å². The maximum absolute atomic E-state index is 13.6. The summed E-state index contributed by atoms with van der Waals surface area (Å²) >= 11 is 0. The van der Waals surface area contributed by atoms with E-state index >= 15 is 0 Å². The fourth-order valence-corrected chi connectivity index (χ4v) is 2.89. The second-order valence-electron chi connectivity index (χ2n) is 3.97.